The fourth-order valence-electron chi connectivity index (χ4n) is 3.52. The van der Waals surface area contributed by atoms with E-state index in [0.717, 1.165) is 13.1 Å². The highest BCUT2D eigenvalue weighted by atomic mass is 16.5. The Morgan fingerprint density at radius 3 is 2.05 bits per heavy atom. The lowest BCUT2D eigenvalue weighted by molar-refractivity contribution is 0.0381. The van der Waals surface area contributed by atoms with Crippen LogP contribution in [0.1, 0.15) is 12.8 Å². The number of likely N-dealkylation sites (tertiary alicyclic amines) is 1. The van der Waals surface area contributed by atoms with Crippen LogP contribution in [-0.2, 0) is 4.74 Å². The van der Waals surface area contributed by atoms with Gasteiger partial charge in [0.15, 0.2) is 0 Å². The number of anilines is 1. The van der Waals surface area contributed by atoms with Crippen LogP contribution >= 0.6 is 0 Å². The van der Waals surface area contributed by atoms with Crippen LogP contribution < -0.4 is 4.90 Å². The highest BCUT2D eigenvalue weighted by Crippen LogP contribution is 2.16. The van der Waals surface area contributed by atoms with Gasteiger partial charge in [0.2, 0.25) is 0 Å². The Bertz CT molecular complexity index is 423. The molecule has 2 fully saturated rings. The molecule has 0 unspecified atom stereocenters. The molecular weight excluding hydrogens is 274 g/mol. The first-order valence-electron chi connectivity index (χ1n) is 8.62. The molecule has 22 heavy (non-hydrogen) atoms. The van der Waals surface area contributed by atoms with Gasteiger partial charge in [0.05, 0.1) is 6.10 Å². The first-order chi connectivity index (χ1) is 10.8. The third kappa shape index (κ3) is 4.22. The summed E-state index contributed by atoms with van der Waals surface area (Å²) in [6.45, 7) is 9.48. The van der Waals surface area contributed by atoms with E-state index in [1.807, 2.05) is 7.11 Å². The Kier molecular flexibility index (Phi) is 5.70. The lowest BCUT2D eigenvalue weighted by atomic mass is 10.1. The molecule has 0 atom stereocenters. The van der Waals surface area contributed by atoms with Crippen molar-refractivity contribution in [2.24, 2.45) is 0 Å². The van der Waals surface area contributed by atoms with Crippen molar-refractivity contribution in [2.75, 3.05) is 64.4 Å². The third-order valence-corrected chi connectivity index (χ3v) is 5.09. The fraction of sp³-hybridized carbons (Fsp3) is 0.667. The number of hydrogen-bond acceptors (Lipinski definition) is 4. The molecule has 2 heterocycles. The summed E-state index contributed by atoms with van der Waals surface area (Å²) in [4.78, 5) is 7.71. The van der Waals surface area contributed by atoms with Crippen molar-refractivity contribution < 1.29 is 4.74 Å². The Morgan fingerprint density at radius 2 is 1.45 bits per heavy atom. The predicted octanol–water partition coefficient (Wildman–Crippen LogP) is 1.92. The number of piperidine rings is 1. The molecule has 0 saturated carbocycles. The van der Waals surface area contributed by atoms with Crippen LogP contribution in [0.15, 0.2) is 30.3 Å². The maximum atomic E-state index is 5.45. The standard InChI is InChI=1S/C18H29N3O/c1-22-18-7-9-19(10-8-18)11-12-20-13-15-21(16-14-20)17-5-3-2-4-6-17/h2-6,18H,7-16H2,1H3. The molecule has 0 aromatic heterocycles. The molecule has 1 aromatic rings. The van der Waals surface area contributed by atoms with E-state index in [9.17, 15) is 0 Å². The van der Waals surface area contributed by atoms with Crippen LogP contribution in [-0.4, -0.2) is 75.4 Å². The smallest absolute Gasteiger partial charge is 0.0595 e. The molecule has 4 heteroatoms. The van der Waals surface area contributed by atoms with Gasteiger partial charge in [0, 0.05) is 65.2 Å². The number of rotatable bonds is 5. The zero-order valence-corrected chi connectivity index (χ0v) is 13.8. The van der Waals surface area contributed by atoms with Gasteiger partial charge in [-0.15, -0.1) is 0 Å². The summed E-state index contributed by atoms with van der Waals surface area (Å²) in [7, 11) is 1.84. The summed E-state index contributed by atoms with van der Waals surface area (Å²) in [5, 5.41) is 0. The second-order valence-electron chi connectivity index (χ2n) is 6.44. The molecule has 0 amide bonds. The molecule has 122 valence electrons. The molecule has 2 aliphatic heterocycles. The van der Waals surface area contributed by atoms with Gasteiger partial charge in [-0.1, -0.05) is 18.2 Å². The van der Waals surface area contributed by atoms with Crippen molar-refractivity contribution in [3.8, 4) is 0 Å². The highest BCUT2D eigenvalue weighted by Gasteiger charge is 2.21. The first kappa shape index (κ1) is 15.8. The van der Waals surface area contributed by atoms with Gasteiger partial charge in [-0.25, -0.2) is 0 Å². The van der Waals surface area contributed by atoms with Crippen molar-refractivity contribution in [3.63, 3.8) is 0 Å². The van der Waals surface area contributed by atoms with Crippen molar-refractivity contribution in [1.82, 2.24) is 9.80 Å². The van der Waals surface area contributed by atoms with Crippen molar-refractivity contribution in [3.05, 3.63) is 30.3 Å². The van der Waals surface area contributed by atoms with E-state index >= 15 is 0 Å². The van der Waals surface area contributed by atoms with Crippen LogP contribution in [0.5, 0.6) is 0 Å². The lowest BCUT2D eigenvalue weighted by Crippen LogP contribution is -2.49. The minimum Gasteiger partial charge on any atom is -0.381 e. The van der Waals surface area contributed by atoms with Crippen LogP contribution in [0, 0.1) is 0 Å². The van der Waals surface area contributed by atoms with Gasteiger partial charge >= 0.3 is 0 Å². The molecule has 0 aliphatic carbocycles. The molecule has 4 nitrogen and oxygen atoms in total. The van der Waals surface area contributed by atoms with Gasteiger partial charge in [-0.3, -0.25) is 4.90 Å². The van der Waals surface area contributed by atoms with Gasteiger partial charge in [0.25, 0.3) is 0 Å². The minimum absolute atomic E-state index is 0.491. The SMILES string of the molecule is COC1CCN(CCN2CCN(c3ccccc3)CC2)CC1. The number of ether oxygens (including phenoxy) is 1. The maximum absolute atomic E-state index is 5.45. The van der Waals surface area contributed by atoms with Crippen LogP contribution in [0.25, 0.3) is 0 Å². The van der Waals surface area contributed by atoms with Gasteiger partial charge in [0.1, 0.15) is 0 Å². The summed E-state index contributed by atoms with van der Waals surface area (Å²) in [5.74, 6) is 0. The van der Waals surface area contributed by atoms with Crippen LogP contribution in [0.3, 0.4) is 0 Å². The Morgan fingerprint density at radius 1 is 0.864 bits per heavy atom. The number of nitrogens with zero attached hydrogens (tertiary/aromatic N) is 3. The second-order valence-corrected chi connectivity index (χ2v) is 6.44. The van der Waals surface area contributed by atoms with E-state index < -0.39 is 0 Å². The quantitative estimate of drug-likeness (QED) is 0.827. The third-order valence-electron chi connectivity index (χ3n) is 5.09. The average Bonchev–Trinajstić information content (AvgIpc) is 2.61. The van der Waals surface area contributed by atoms with Crippen molar-refractivity contribution in [2.45, 2.75) is 18.9 Å². The van der Waals surface area contributed by atoms with Crippen LogP contribution in [0.2, 0.25) is 0 Å². The number of piperazine rings is 1. The monoisotopic (exact) mass is 303 g/mol. The number of hydrogen-bond donors (Lipinski definition) is 0. The zero-order valence-electron chi connectivity index (χ0n) is 13.8. The molecule has 0 spiro atoms. The van der Waals surface area contributed by atoms with E-state index in [-0.39, 0.29) is 0 Å². The molecule has 2 saturated heterocycles. The van der Waals surface area contributed by atoms with E-state index in [0.29, 0.717) is 6.10 Å². The Balaban J connectivity index is 1.36. The summed E-state index contributed by atoms with van der Waals surface area (Å²) >= 11 is 0. The minimum atomic E-state index is 0.491. The Labute approximate surface area is 134 Å². The first-order valence-corrected chi connectivity index (χ1v) is 8.62. The normalized spacial score (nSPS) is 22.1. The van der Waals surface area contributed by atoms with Gasteiger partial charge < -0.3 is 14.5 Å². The molecule has 0 radical (unpaired) electrons. The summed E-state index contributed by atoms with van der Waals surface area (Å²) in [6, 6.07) is 10.8. The molecule has 1 aromatic carbocycles. The summed E-state index contributed by atoms with van der Waals surface area (Å²) in [6.07, 6.45) is 2.88. The van der Waals surface area contributed by atoms with E-state index in [1.54, 1.807) is 0 Å². The fourth-order valence-corrected chi connectivity index (χ4v) is 3.52. The molecular formula is C18H29N3O. The van der Waals surface area contributed by atoms with Gasteiger partial charge in [-0.05, 0) is 25.0 Å². The van der Waals surface area contributed by atoms with Crippen LogP contribution in [0.4, 0.5) is 5.69 Å². The molecule has 2 aliphatic rings. The largest absolute Gasteiger partial charge is 0.381 e. The average molecular weight is 303 g/mol. The molecule has 0 bridgehead atoms. The van der Waals surface area contributed by atoms with E-state index in [1.165, 1.54) is 57.8 Å². The van der Waals surface area contributed by atoms with Crippen molar-refractivity contribution >= 4 is 5.69 Å². The maximum Gasteiger partial charge on any atom is 0.0595 e. The highest BCUT2D eigenvalue weighted by molar-refractivity contribution is 5.46. The van der Waals surface area contributed by atoms with E-state index in [4.69, 9.17) is 4.74 Å². The second kappa shape index (κ2) is 7.95. The molecule has 3 rings (SSSR count). The lowest BCUT2D eigenvalue weighted by Gasteiger charge is -2.38. The predicted molar refractivity (Wildman–Crippen MR) is 91.6 cm³/mol. The van der Waals surface area contributed by atoms with Gasteiger partial charge in [-0.2, -0.15) is 0 Å². The Hall–Kier alpha value is -1.10. The topological polar surface area (TPSA) is 19.0 Å². The zero-order chi connectivity index (χ0) is 15.2. The summed E-state index contributed by atoms with van der Waals surface area (Å²) in [5.41, 5.74) is 1.36. The molecule has 0 N–H and O–H groups in total. The van der Waals surface area contributed by atoms with E-state index in [2.05, 4.69) is 45.0 Å². The number of methoxy groups -OCH3 is 1. The number of benzene rings is 1. The van der Waals surface area contributed by atoms with Crippen molar-refractivity contribution in [1.29, 1.82) is 0 Å². The number of para-hydroxylation sites is 1. The summed E-state index contributed by atoms with van der Waals surface area (Å²) < 4.78 is 5.45.